The largest absolute Gasteiger partial charge is 0.373 e. The minimum atomic E-state index is 0.755. The number of aromatic nitrogens is 4. The molecule has 0 aliphatic carbocycles. The summed E-state index contributed by atoms with van der Waals surface area (Å²) in [7, 11) is 3.77. The molecule has 0 amide bonds. The molecule has 0 unspecified atom stereocenters. The molecule has 2 aromatic heterocycles. The molecule has 0 aliphatic heterocycles. The van der Waals surface area contributed by atoms with Crippen LogP contribution in [0, 0.1) is 6.92 Å². The maximum Gasteiger partial charge on any atom is 0.131 e. The number of aryl methyl sites for hydroxylation is 2. The Morgan fingerprint density at radius 1 is 1.28 bits per heavy atom. The predicted octanol–water partition coefficient (Wildman–Crippen LogP) is 1.21. The molecule has 0 radical (unpaired) electrons. The van der Waals surface area contributed by atoms with E-state index in [1.165, 1.54) is 5.56 Å². The van der Waals surface area contributed by atoms with Gasteiger partial charge in [-0.15, -0.1) is 0 Å². The van der Waals surface area contributed by atoms with Gasteiger partial charge in [-0.1, -0.05) is 0 Å². The van der Waals surface area contributed by atoms with Gasteiger partial charge in [0.2, 0.25) is 0 Å². The highest BCUT2D eigenvalue weighted by atomic mass is 15.2. The third-order valence-electron chi connectivity index (χ3n) is 2.57. The fraction of sp³-hybridized carbons (Fsp3) is 0.417. The van der Waals surface area contributed by atoms with E-state index in [2.05, 4.69) is 25.7 Å². The average Bonchev–Trinajstić information content (AvgIpc) is 2.74. The molecule has 0 saturated heterocycles. The first-order valence-corrected chi connectivity index (χ1v) is 5.92. The number of anilines is 2. The number of nitrogens with one attached hydrogen (secondary N) is 2. The summed E-state index contributed by atoms with van der Waals surface area (Å²) in [5.74, 6) is 2.42. The van der Waals surface area contributed by atoms with Crippen molar-refractivity contribution in [2.75, 3.05) is 24.2 Å². The van der Waals surface area contributed by atoms with Crippen LogP contribution in [-0.4, -0.2) is 33.3 Å². The number of hydrogen-bond donors (Lipinski definition) is 2. The molecule has 6 heteroatoms. The van der Waals surface area contributed by atoms with E-state index < -0.39 is 0 Å². The van der Waals surface area contributed by atoms with Gasteiger partial charge in [0.15, 0.2) is 0 Å². The van der Waals surface area contributed by atoms with Gasteiger partial charge in [-0.3, -0.25) is 4.68 Å². The monoisotopic (exact) mass is 246 g/mol. The Labute approximate surface area is 106 Å². The molecule has 6 nitrogen and oxygen atoms in total. The second-order valence-electron chi connectivity index (χ2n) is 4.13. The molecule has 2 rings (SSSR count). The van der Waals surface area contributed by atoms with E-state index >= 15 is 0 Å². The molecule has 0 atom stereocenters. The second-order valence-corrected chi connectivity index (χ2v) is 4.13. The van der Waals surface area contributed by atoms with E-state index in [-0.39, 0.29) is 0 Å². The molecule has 2 heterocycles. The third kappa shape index (κ3) is 3.19. The molecular weight excluding hydrogens is 228 g/mol. The van der Waals surface area contributed by atoms with Gasteiger partial charge in [0.1, 0.15) is 17.5 Å². The molecule has 0 aromatic carbocycles. The Bertz CT molecular complexity index is 519. The minimum absolute atomic E-state index is 0.755. The Balaban J connectivity index is 1.91. The molecular formula is C12H18N6. The summed E-state index contributed by atoms with van der Waals surface area (Å²) < 4.78 is 1.81. The molecule has 96 valence electrons. The Morgan fingerprint density at radius 2 is 2.06 bits per heavy atom. The SMILES string of the molecule is CNc1cc(NCCc2cnn(C)c2)nc(C)n1. The van der Waals surface area contributed by atoms with E-state index in [0.717, 1.165) is 30.4 Å². The summed E-state index contributed by atoms with van der Waals surface area (Å²) in [5.41, 5.74) is 1.21. The maximum absolute atomic E-state index is 4.34. The smallest absolute Gasteiger partial charge is 0.131 e. The molecule has 0 bridgehead atoms. The van der Waals surface area contributed by atoms with Crippen molar-refractivity contribution in [2.24, 2.45) is 7.05 Å². The Morgan fingerprint density at radius 3 is 2.72 bits per heavy atom. The van der Waals surface area contributed by atoms with Crippen LogP contribution in [0.25, 0.3) is 0 Å². The Hall–Kier alpha value is -2.11. The van der Waals surface area contributed by atoms with Gasteiger partial charge in [0, 0.05) is 32.9 Å². The molecule has 0 saturated carbocycles. The predicted molar refractivity (Wildman–Crippen MR) is 71.7 cm³/mol. The average molecular weight is 246 g/mol. The van der Waals surface area contributed by atoms with Gasteiger partial charge in [-0.25, -0.2) is 9.97 Å². The zero-order valence-corrected chi connectivity index (χ0v) is 10.9. The van der Waals surface area contributed by atoms with E-state index in [4.69, 9.17) is 0 Å². The molecule has 0 spiro atoms. The summed E-state index contributed by atoms with van der Waals surface area (Å²) in [6, 6.07) is 1.90. The van der Waals surface area contributed by atoms with Gasteiger partial charge in [-0.2, -0.15) is 5.10 Å². The van der Waals surface area contributed by atoms with Crippen LogP contribution in [0.5, 0.6) is 0 Å². The summed E-state index contributed by atoms with van der Waals surface area (Å²) in [4.78, 5) is 8.58. The van der Waals surface area contributed by atoms with E-state index in [9.17, 15) is 0 Å². The maximum atomic E-state index is 4.34. The summed E-state index contributed by atoms with van der Waals surface area (Å²) in [5, 5.41) is 10.4. The van der Waals surface area contributed by atoms with Crippen LogP contribution in [-0.2, 0) is 13.5 Å². The van der Waals surface area contributed by atoms with Gasteiger partial charge in [0.25, 0.3) is 0 Å². The van der Waals surface area contributed by atoms with Crippen molar-refractivity contribution in [1.82, 2.24) is 19.7 Å². The van der Waals surface area contributed by atoms with Gasteiger partial charge in [0.05, 0.1) is 6.20 Å². The normalized spacial score (nSPS) is 10.4. The van der Waals surface area contributed by atoms with E-state index in [1.54, 1.807) is 0 Å². The third-order valence-corrected chi connectivity index (χ3v) is 2.57. The highest BCUT2D eigenvalue weighted by molar-refractivity contribution is 5.47. The molecule has 2 aromatic rings. The summed E-state index contributed by atoms with van der Waals surface area (Å²) >= 11 is 0. The van der Waals surface area contributed by atoms with Crippen LogP contribution in [0.3, 0.4) is 0 Å². The summed E-state index contributed by atoms with van der Waals surface area (Å²) in [6.07, 6.45) is 4.82. The quantitative estimate of drug-likeness (QED) is 0.830. The molecule has 0 fully saturated rings. The first-order valence-electron chi connectivity index (χ1n) is 5.92. The van der Waals surface area contributed by atoms with Crippen molar-refractivity contribution in [1.29, 1.82) is 0 Å². The molecule has 2 N–H and O–H groups in total. The van der Waals surface area contributed by atoms with Crippen molar-refractivity contribution in [3.63, 3.8) is 0 Å². The topological polar surface area (TPSA) is 67.7 Å². The first-order chi connectivity index (χ1) is 8.67. The van der Waals surface area contributed by atoms with Crippen molar-refractivity contribution in [2.45, 2.75) is 13.3 Å². The lowest BCUT2D eigenvalue weighted by molar-refractivity contribution is 0.767. The summed E-state index contributed by atoms with van der Waals surface area (Å²) in [6.45, 7) is 2.71. The fourth-order valence-electron chi connectivity index (χ4n) is 1.72. The molecule has 18 heavy (non-hydrogen) atoms. The zero-order chi connectivity index (χ0) is 13.0. The highest BCUT2D eigenvalue weighted by Crippen LogP contribution is 2.10. The van der Waals surface area contributed by atoms with Crippen molar-refractivity contribution in [3.8, 4) is 0 Å². The standard InChI is InChI=1S/C12H18N6/c1-9-16-11(13-2)6-12(17-9)14-5-4-10-7-15-18(3)8-10/h6-8H,4-5H2,1-3H3,(H2,13,14,16,17). The number of nitrogens with zero attached hydrogens (tertiary/aromatic N) is 4. The fourth-order valence-corrected chi connectivity index (χ4v) is 1.72. The minimum Gasteiger partial charge on any atom is -0.373 e. The Kier molecular flexibility index (Phi) is 3.76. The first kappa shape index (κ1) is 12.3. The highest BCUT2D eigenvalue weighted by Gasteiger charge is 2.01. The van der Waals surface area contributed by atoms with Crippen molar-refractivity contribution < 1.29 is 0 Å². The lowest BCUT2D eigenvalue weighted by Crippen LogP contribution is -2.08. The van der Waals surface area contributed by atoms with Crippen LogP contribution in [0.15, 0.2) is 18.5 Å². The van der Waals surface area contributed by atoms with Crippen LogP contribution < -0.4 is 10.6 Å². The van der Waals surface area contributed by atoms with Gasteiger partial charge >= 0.3 is 0 Å². The van der Waals surface area contributed by atoms with Gasteiger partial charge < -0.3 is 10.6 Å². The lowest BCUT2D eigenvalue weighted by atomic mass is 10.2. The van der Waals surface area contributed by atoms with Crippen molar-refractivity contribution in [3.05, 3.63) is 29.8 Å². The van der Waals surface area contributed by atoms with Crippen molar-refractivity contribution >= 4 is 11.6 Å². The second kappa shape index (κ2) is 5.48. The number of hydrogen-bond acceptors (Lipinski definition) is 5. The zero-order valence-electron chi connectivity index (χ0n) is 10.9. The van der Waals surface area contributed by atoms with Gasteiger partial charge in [-0.05, 0) is 18.9 Å². The van der Waals surface area contributed by atoms with Crippen LogP contribution in [0.2, 0.25) is 0 Å². The van der Waals surface area contributed by atoms with Crippen LogP contribution >= 0.6 is 0 Å². The van der Waals surface area contributed by atoms with E-state index in [0.29, 0.717) is 0 Å². The van der Waals surface area contributed by atoms with E-state index in [1.807, 2.05) is 44.2 Å². The number of rotatable bonds is 5. The molecule has 0 aliphatic rings. The van der Waals surface area contributed by atoms with Crippen LogP contribution in [0.4, 0.5) is 11.6 Å². The van der Waals surface area contributed by atoms with Crippen LogP contribution in [0.1, 0.15) is 11.4 Å². The lowest BCUT2D eigenvalue weighted by Gasteiger charge is -2.07.